The van der Waals surface area contributed by atoms with E-state index in [1.807, 2.05) is 20.8 Å². The molecule has 0 unspecified atom stereocenters. The third kappa shape index (κ3) is 2.73. The lowest BCUT2D eigenvalue weighted by Crippen LogP contribution is -2.35. The number of hydrogen-bond acceptors (Lipinski definition) is 4. The highest BCUT2D eigenvalue weighted by molar-refractivity contribution is 5.94. The maximum absolute atomic E-state index is 13.2. The summed E-state index contributed by atoms with van der Waals surface area (Å²) in [5.41, 5.74) is 0.871. The lowest BCUT2D eigenvalue weighted by molar-refractivity contribution is 0.0726. The molecule has 1 amide bonds. The van der Waals surface area contributed by atoms with E-state index in [1.54, 1.807) is 4.90 Å². The van der Waals surface area contributed by atoms with Crippen LogP contribution in [-0.2, 0) is 18.4 Å². The highest BCUT2D eigenvalue weighted by Gasteiger charge is 2.29. The highest BCUT2D eigenvalue weighted by atomic mass is 19.1. The molecule has 0 aromatic carbocycles. The Morgan fingerprint density at radius 1 is 1.36 bits per heavy atom. The van der Waals surface area contributed by atoms with Gasteiger partial charge in [-0.05, 0) is 6.07 Å². The molecule has 0 saturated carbocycles. The summed E-state index contributed by atoms with van der Waals surface area (Å²) >= 11 is 0. The maximum Gasteiger partial charge on any atom is 0.255 e. The molecule has 3 rings (SSSR count). The zero-order chi connectivity index (χ0) is 15.9. The van der Waals surface area contributed by atoms with E-state index in [2.05, 4.69) is 9.97 Å². The first-order valence-corrected chi connectivity index (χ1v) is 7.23. The molecular weight excluding hydrogens is 285 g/mol. The van der Waals surface area contributed by atoms with Gasteiger partial charge in [0.25, 0.3) is 5.91 Å². The zero-order valence-electron chi connectivity index (χ0n) is 12.9. The summed E-state index contributed by atoms with van der Waals surface area (Å²) in [6, 6.07) is 1.20. The van der Waals surface area contributed by atoms with Crippen molar-refractivity contribution in [3.05, 3.63) is 47.2 Å². The van der Waals surface area contributed by atoms with Gasteiger partial charge in [-0.2, -0.15) is 0 Å². The minimum atomic E-state index is -0.514. The Morgan fingerprint density at radius 2 is 2.14 bits per heavy atom. The van der Waals surface area contributed by atoms with Gasteiger partial charge in [-0.3, -0.25) is 9.78 Å². The van der Waals surface area contributed by atoms with Crippen molar-refractivity contribution in [2.45, 2.75) is 39.2 Å². The lowest BCUT2D eigenvalue weighted by atomic mass is 9.97. The molecule has 0 atom stereocenters. The molecule has 0 radical (unpaired) electrons. The summed E-state index contributed by atoms with van der Waals surface area (Å²) in [5.74, 6) is 0.767. The van der Waals surface area contributed by atoms with Crippen LogP contribution in [-0.4, -0.2) is 27.3 Å². The minimum Gasteiger partial charge on any atom is -0.445 e. The van der Waals surface area contributed by atoms with Crippen molar-refractivity contribution in [1.82, 2.24) is 14.9 Å². The molecule has 116 valence electrons. The van der Waals surface area contributed by atoms with Crippen LogP contribution in [0.15, 0.2) is 22.9 Å². The minimum absolute atomic E-state index is 0.168. The number of fused-ring (bicyclic) bond motifs is 1. The van der Waals surface area contributed by atoms with E-state index in [1.165, 1.54) is 12.3 Å². The molecule has 5 nitrogen and oxygen atoms in total. The molecule has 6 heteroatoms. The second kappa shape index (κ2) is 5.19. The molecule has 22 heavy (non-hydrogen) atoms. The van der Waals surface area contributed by atoms with Crippen LogP contribution in [0.2, 0.25) is 0 Å². The summed E-state index contributed by atoms with van der Waals surface area (Å²) in [6.45, 7) is 7.01. The van der Waals surface area contributed by atoms with Crippen LogP contribution >= 0.6 is 0 Å². The number of aromatic nitrogens is 2. The Kier molecular flexibility index (Phi) is 3.47. The standard InChI is InChI=1S/C16H18FN3O2/c1-16(2,3)15-19-12-9-20(5-4-13(12)22-15)14(21)10-6-11(17)8-18-7-10/h6-8H,4-5,9H2,1-3H3. The molecule has 2 aromatic heterocycles. The van der Waals surface area contributed by atoms with Crippen LogP contribution in [0.5, 0.6) is 0 Å². The monoisotopic (exact) mass is 303 g/mol. The second-order valence-electron chi connectivity index (χ2n) is 6.51. The molecule has 0 spiro atoms. The summed E-state index contributed by atoms with van der Waals surface area (Å²) < 4.78 is 19.0. The fourth-order valence-corrected chi connectivity index (χ4v) is 2.40. The smallest absolute Gasteiger partial charge is 0.255 e. The van der Waals surface area contributed by atoms with Crippen LogP contribution in [0, 0.1) is 5.82 Å². The Balaban J connectivity index is 1.82. The molecule has 1 aliphatic heterocycles. The maximum atomic E-state index is 13.2. The first kappa shape index (κ1) is 14.7. The van der Waals surface area contributed by atoms with E-state index in [-0.39, 0.29) is 16.9 Å². The fourth-order valence-electron chi connectivity index (χ4n) is 2.40. The molecule has 0 bridgehead atoms. The second-order valence-corrected chi connectivity index (χ2v) is 6.51. The van der Waals surface area contributed by atoms with E-state index in [9.17, 15) is 9.18 Å². The van der Waals surface area contributed by atoms with Gasteiger partial charge in [0.05, 0.1) is 18.3 Å². The van der Waals surface area contributed by atoms with Gasteiger partial charge < -0.3 is 9.32 Å². The van der Waals surface area contributed by atoms with Crippen LogP contribution < -0.4 is 0 Å². The summed E-state index contributed by atoms with van der Waals surface area (Å²) in [7, 11) is 0. The van der Waals surface area contributed by atoms with Gasteiger partial charge in [-0.1, -0.05) is 20.8 Å². The van der Waals surface area contributed by atoms with Crippen molar-refractivity contribution in [3.63, 3.8) is 0 Å². The van der Waals surface area contributed by atoms with Gasteiger partial charge in [0.2, 0.25) is 0 Å². The Morgan fingerprint density at radius 3 is 2.82 bits per heavy atom. The number of rotatable bonds is 1. The summed E-state index contributed by atoms with van der Waals surface area (Å²) in [5, 5.41) is 0. The van der Waals surface area contributed by atoms with Gasteiger partial charge in [0, 0.05) is 24.6 Å². The Hall–Kier alpha value is -2.24. The third-order valence-corrected chi connectivity index (χ3v) is 3.61. The molecular formula is C16H18FN3O2. The van der Waals surface area contributed by atoms with Crippen LogP contribution in [0.1, 0.15) is 48.5 Å². The average Bonchev–Trinajstić information content (AvgIpc) is 2.89. The van der Waals surface area contributed by atoms with E-state index < -0.39 is 5.82 Å². The molecule has 0 aliphatic carbocycles. The van der Waals surface area contributed by atoms with Gasteiger partial charge in [0.15, 0.2) is 5.89 Å². The van der Waals surface area contributed by atoms with E-state index in [0.29, 0.717) is 25.4 Å². The third-order valence-electron chi connectivity index (χ3n) is 3.61. The van der Waals surface area contributed by atoms with Crippen LogP contribution in [0.3, 0.4) is 0 Å². The highest BCUT2D eigenvalue weighted by Crippen LogP contribution is 2.27. The number of carbonyl (C=O) groups excluding carboxylic acids is 1. The number of carbonyl (C=O) groups is 1. The number of amides is 1. The summed E-state index contributed by atoms with van der Waals surface area (Å²) in [4.78, 5) is 22.3. The quantitative estimate of drug-likeness (QED) is 0.812. The Labute approximate surface area is 128 Å². The lowest BCUT2D eigenvalue weighted by Gasteiger charge is -2.25. The number of oxazole rings is 1. The van der Waals surface area contributed by atoms with Gasteiger partial charge in [-0.15, -0.1) is 0 Å². The van der Waals surface area contributed by atoms with Crippen molar-refractivity contribution in [2.75, 3.05) is 6.54 Å². The van der Waals surface area contributed by atoms with Crippen molar-refractivity contribution in [2.24, 2.45) is 0 Å². The zero-order valence-corrected chi connectivity index (χ0v) is 12.9. The number of nitrogens with zero attached hydrogens (tertiary/aromatic N) is 3. The number of halogens is 1. The molecule has 0 fully saturated rings. The summed E-state index contributed by atoms with van der Waals surface area (Å²) in [6.07, 6.45) is 3.08. The molecule has 0 saturated heterocycles. The Bertz CT molecular complexity index is 718. The van der Waals surface area contributed by atoms with Crippen molar-refractivity contribution >= 4 is 5.91 Å². The largest absolute Gasteiger partial charge is 0.445 e. The van der Waals surface area contributed by atoms with Crippen molar-refractivity contribution in [1.29, 1.82) is 0 Å². The van der Waals surface area contributed by atoms with Crippen LogP contribution in [0.4, 0.5) is 4.39 Å². The SMILES string of the molecule is CC(C)(C)c1nc2c(o1)CCN(C(=O)c1cncc(F)c1)C2. The molecule has 0 N–H and O–H groups in total. The first-order valence-electron chi connectivity index (χ1n) is 7.23. The molecule has 2 aromatic rings. The van der Waals surface area contributed by atoms with Gasteiger partial charge in [-0.25, -0.2) is 9.37 Å². The number of pyridine rings is 1. The van der Waals surface area contributed by atoms with E-state index >= 15 is 0 Å². The van der Waals surface area contributed by atoms with Gasteiger partial charge >= 0.3 is 0 Å². The predicted octanol–water partition coefficient (Wildman–Crippen LogP) is 2.70. The van der Waals surface area contributed by atoms with Crippen LogP contribution in [0.25, 0.3) is 0 Å². The number of hydrogen-bond donors (Lipinski definition) is 0. The van der Waals surface area contributed by atoms with Gasteiger partial charge in [0.1, 0.15) is 17.3 Å². The molecule has 1 aliphatic rings. The van der Waals surface area contributed by atoms with E-state index in [4.69, 9.17) is 4.42 Å². The predicted molar refractivity (Wildman–Crippen MR) is 77.8 cm³/mol. The topological polar surface area (TPSA) is 59.2 Å². The first-order chi connectivity index (χ1) is 10.3. The van der Waals surface area contributed by atoms with E-state index in [0.717, 1.165) is 17.7 Å². The normalized spacial score (nSPS) is 14.8. The van der Waals surface area contributed by atoms with Crippen molar-refractivity contribution < 1.29 is 13.6 Å². The fraction of sp³-hybridized carbons (Fsp3) is 0.438. The average molecular weight is 303 g/mol. The van der Waals surface area contributed by atoms with Crippen molar-refractivity contribution in [3.8, 4) is 0 Å². The molecule has 3 heterocycles.